The number of anilines is 1. The van der Waals surface area contributed by atoms with Gasteiger partial charge in [-0.3, -0.25) is 4.79 Å². The molecule has 146 valence electrons. The van der Waals surface area contributed by atoms with Gasteiger partial charge in [0.25, 0.3) is 5.91 Å². The van der Waals surface area contributed by atoms with Gasteiger partial charge in [0, 0.05) is 16.9 Å². The maximum atomic E-state index is 13.7. The predicted molar refractivity (Wildman–Crippen MR) is 99.7 cm³/mol. The molecule has 9 heteroatoms. The molecule has 0 fully saturated rings. The normalized spacial score (nSPS) is 20.5. The van der Waals surface area contributed by atoms with Crippen LogP contribution in [-0.2, 0) is 0 Å². The van der Waals surface area contributed by atoms with E-state index in [1.807, 2.05) is 13.8 Å². The Balaban J connectivity index is 1.98. The van der Waals surface area contributed by atoms with Gasteiger partial charge in [-0.2, -0.15) is 18.3 Å². The third-order valence-electron chi connectivity index (χ3n) is 4.75. The van der Waals surface area contributed by atoms with E-state index in [4.69, 9.17) is 0 Å². The second-order valence-corrected chi connectivity index (χ2v) is 7.59. The number of aromatic nitrogens is 2. The van der Waals surface area contributed by atoms with E-state index in [1.54, 1.807) is 24.3 Å². The van der Waals surface area contributed by atoms with E-state index in [2.05, 4.69) is 31.7 Å². The van der Waals surface area contributed by atoms with Crippen LogP contribution in [0.25, 0.3) is 0 Å². The molecule has 2 heterocycles. The Morgan fingerprint density at radius 1 is 1.41 bits per heavy atom. The highest BCUT2D eigenvalue weighted by Crippen LogP contribution is 2.44. The first kappa shape index (κ1) is 19.7. The molecule has 0 unspecified atom stereocenters. The van der Waals surface area contributed by atoms with Crippen LogP contribution in [0, 0.1) is 0 Å². The molecular weight excluding hydrogens is 425 g/mol. The Morgan fingerprint density at radius 2 is 2.07 bits per heavy atom. The zero-order chi connectivity index (χ0) is 19.8. The summed E-state index contributed by atoms with van der Waals surface area (Å²) in [6, 6.07) is 4.62. The van der Waals surface area contributed by atoms with Crippen LogP contribution in [0.15, 0.2) is 34.9 Å². The number of hydrogen-bond acceptors (Lipinski definition) is 3. The van der Waals surface area contributed by atoms with Gasteiger partial charge in [-0.1, -0.05) is 35.0 Å². The monoisotopic (exact) mass is 444 g/mol. The molecule has 0 radical (unpaired) electrons. The summed E-state index contributed by atoms with van der Waals surface area (Å²) in [6.07, 6.45) is -2.76. The smallest absolute Gasteiger partial charge is 0.363 e. The Labute approximate surface area is 163 Å². The van der Waals surface area contributed by atoms with Crippen molar-refractivity contribution >= 4 is 27.7 Å². The number of benzene rings is 1. The fraction of sp³-hybridized carbons (Fsp3) is 0.444. The molecule has 0 spiro atoms. The molecule has 27 heavy (non-hydrogen) atoms. The summed E-state index contributed by atoms with van der Waals surface area (Å²) in [5, 5.41) is 9.72. The largest absolute Gasteiger partial charge is 0.410 e. The molecule has 2 aromatic rings. The van der Waals surface area contributed by atoms with Crippen molar-refractivity contribution in [3.05, 3.63) is 46.1 Å². The first-order valence-corrected chi connectivity index (χ1v) is 9.47. The molecular formula is C18H20BrF3N4O. The van der Waals surface area contributed by atoms with Crippen LogP contribution in [-0.4, -0.2) is 27.9 Å². The minimum atomic E-state index is -4.47. The number of nitrogens with one attached hydrogen (secondary N) is 2. The van der Waals surface area contributed by atoms with E-state index in [9.17, 15) is 18.0 Å². The maximum Gasteiger partial charge on any atom is 0.410 e. The molecule has 1 aliphatic heterocycles. The fourth-order valence-electron chi connectivity index (χ4n) is 3.05. The Bertz CT molecular complexity index is 819. The van der Waals surface area contributed by atoms with Crippen molar-refractivity contribution in [2.75, 3.05) is 5.32 Å². The number of carbonyl (C=O) groups is 1. The zero-order valence-electron chi connectivity index (χ0n) is 14.8. The van der Waals surface area contributed by atoms with E-state index >= 15 is 0 Å². The van der Waals surface area contributed by atoms with E-state index < -0.39 is 24.2 Å². The van der Waals surface area contributed by atoms with Crippen molar-refractivity contribution in [1.29, 1.82) is 0 Å². The van der Waals surface area contributed by atoms with Gasteiger partial charge in [-0.25, -0.2) is 4.68 Å². The molecule has 0 saturated carbocycles. The molecule has 0 aliphatic carbocycles. The van der Waals surface area contributed by atoms with E-state index in [0.29, 0.717) is 5.56 Å². The lowest BCUT2D eigenvalue weighted by molar-refractivity contribution is -0.173. The second-order valence-electron chi connectivity index (χ2n) is 6.68. The standard InChI is InChI=1S/C18H20BrF3N4O/c1-3-10(2)24-17(27)13-9-23-26-15(18(20,21)22)8-14(25-16(13)26)11-4-6-12(19)7-5-11/h4-7,9-10,14-15,25H,3,8H2,1-2H3,(H,24,27)/t10-,14+,15-/m1/s1. The lowest BCUT2D eigenvalue weighted by Gasteiger charge is -2.34. The van der Waals surface area contributed by atoms with Gasteiger partial charge in [0.2, 0.25) is 0 Å². The lowest BCUT2D eigenvalue weighted by atomic mass is 9.96. The van der Waals surface area contributed by atoms with Crippen LogP contribution in [0.2, 0.25) is 0 Å². The second kappa shape index (κ2) is 7.53. The summed E-state index contributed by atoms with van der Waals surface area (Å²) in [6.45, 7) is 3.75. The van der Waals surface area contributed by atoms with Gasteiger partial charge in [0.1, 0.15) is 11.4 Å². The number of rotatable bonds is 4. The van der Waals surface area contributed by atoms with Crippen molar-refractivity contribution in [3.8, 4) is 0 Å². The summed E-state index contributed by atoms with van der Waals surface area (Å²) in [5.41, 5.74) is 0.833. The lowest BCUT2D eigenvalue weighted by Crippen LogP contribution is -2.37. The van der Waals surface area contributed by atoms with Crippen LogP contribution in [0.1, 0.15) is 54.7 Å². The SMILES string of the molecule is CC[C@@H](C)NC(=O)c1cnn2c1N[C@H](c1ccc(Br)cc1)C[C@@H]2C(F)(F)F. The van der Waals surface area contributed by atoms with Crippen molar-refractivity contribution in [1.82, 2.24) is 15.1 Å². The third kappa shape index (κ3) is 4.12. The van der Waals surface area contributed by atoms with Crippen molar-refractivity contribution < 1.29 is 18.0 Å². The van der Waals surface area contributed by atoms with E-state index in [1.165, 1.54) is 6.20 Å². The van der Waals surface area contributed by atoms with Crippen LogP contribution < -0.4 is 10.6 Å². The Kier molecular flexibility index (Phi) is 5.50. The summed E-state index contributed by atoms with van der Waals surface area (Å²) in [4.78, 5) is 12.5. The number of halogens is 4. The summed E-state index contributed by atoms with van der Waals surface area (Å²) < 4.78 is 42.7. The molecule has 1 aliphatic rings. The van der Waals surface area contributed by atoms with Gasteiger partial charge < -0.3 is 10.6 Å². The van der Waals surface area contributed by atoms with Gasteiger partial charge in [0.15, 0.2) is 6.04 Å². The van der Waals surface area contributed by atoms with Crippen molar-refractivity contribution in [3.63, 3.8) is 0 Å². The average molecular weight is 445 g/mol. The van der Waals surface area contributed by atoms with Gasteiger partial charge in [-0.15, -0.1) is 0 Å². The van der Waals surface area contributed by atoms with Crippen molar-refractivity contribution in [2.24, 2.45) is 0 Å². The van der Waals surface area contributed by atoms with Crippen LogP contribution in [0.5, 0.6) is 0 Å². The number of fused-ring (bicyclic) bond motifs is 1. The minimum absolute atomic E-state index is 0.0858. The highest BCUT2D eigenvalue weighted by molar-refractivity contribution is 9.10. The number of hydrogen-bond donors (Lipinski definition) is 2. The van der Waals surface area contributed by atoms with Crippen molar-refractivity contribution in [2.45, 2.75) is 51.0 Å². The zero-order valence-corrected chi connectivity index (χ0v) is 16.4. The van der Waals surface area contributed by atoms with Crippen LogP contribution >= 0.6 is 15.9 Å². The van der Waals surface area contributed by atoms with Gasteiger partial charge >= 0.3 is 6.18 Å². The minimum Gasteiger partial charge on any atom is -0.363 e. The average Bonchev–Trinajstić information content (AvgIpc) is 3.04. The molecule has 1 aromatic carbocycles. The highest BCUT2D eigenvalue weighted by Gasteiger charge is 2.47. The van der Waals surface area contributed by atoms with Crippen LogP contribution in [0.4, 0.5) is 19.0 Å². The summed E-state index contributed by atoms with van der Waals surface area (Å²) in [7, 11) is 0. The Morgan fingerprint density at radius 3 is 2.67 bits per heavy atom. The molecule has 2 N–H and O–H groups in total. The molecule has 5 nitrogen and oxygen atoms in total. The summed E-state index contributed by atoms with van der Waals surface area (Å²) >= 11 is 3.33. The first-order valence-electron chi connectivity index (χ1n) is 8.67. The first-order chi connectivity index (χ1) is 12.7. The fourth-order valence-corrected chi connectivity index (χ4v) is 3.31. The molecule has 1 amide bonds. The maximum absolute atomic E-state index is 13.7. The summed E-state index contributed by atoms with van der Waals surface area (Å²) in [5.74, 6) is -0.340. The van der Waals surface area contributed by atoms with E-state index in [0.717, 1.165) is 15.6 Å². The molecule has 3 rings (SSSR count). The topological polar surface area (TPSA) is 59.0 Å². The number of nitrogens with zero attached hydrogens (tertiary/aromatic N) is 2. The molecule has 3 atom stereocenters. The quantitative estimate of drug-likeness (QED) is 0.709. The third-order valence-corrected chi connectivity index (χ3v) is 5.27. The predicted octanol–water partition coefficient (Wildman–Crippen LogP) is 4.83. The van der Waals surface area contributed by atoms with Crippen LogP contribution in [0.3, 0.4) is 0 Å². The molecule has 0 bridgehead atoms. The van der Waals surface area contributed by atoms with E-state index in [-0.39, 0.29) is 23.8 Å². The Hall–Kier alpha value is -2.03. The van der Waals surface area contributed by atoms with Gasteiger partial charge in [0.05, 0.1) is 12.2 Å². The number of alkyl halides is 3. The number of carbonyl (C=O) groups excluding carboxylic acids is 1. The highest BCUT2D eigenvalue weighted by atomic mass is 79.9. The molecule has 0 saturated heterocycles. The van der Waals surface area contributed by atoms with Gasteiger partial charge in [-0.05, 0) is 31.0 Å². The number of amides is 1. The molecule has 1 aromatic heterocycles.